The molecule has 4 rings (SSSR count). The zero-order valence-corrected chi connectivity index (χ0v) is 19.3. The Labute approximate surface area is 190 Å². The number of hydrogen-bond donors (Lipinski definition) is 0. The second kappa shape index (κ2) is 10.2. The van der Waals surface area contributed by atoms with Crippen LogP contribution in [-0.2, 0) is 14.6 Å². The van der Waals surface area contributed by atoms with Gasteiger partial charge < -0.3 is 14.5 Å². The lowest BCUT2D eigenvalue weighted by molar-refractivity contribution is -0.138. The number of hydrogen-bond acceptors (Lipinski definition) is 6. The van der Waals surface area contributed by atoms with Gasteiger partial charge in [0.15, 0.2) is 9.84 Å². The van der Waals surface area contributed by atoms with Crippen LogP contribution in [0.15, 0.2) is 30.3 Å². The molecule has 1 aromatic rings. The summed E-state index contributed by atoms with van der Waals surface area (Å²) in [7, 11) is -3.05. The Hall–Kier alpha value is -2.13. The highest BCUT2D eigenvalue weighted by Crippen LogP contribution is 2.28. The lowest BCUT2D eigenvalue weighted by atomic mass is 9.92. The largest absolute Gasteiger partial charge is 0.415 e. The molecule has 0 radical (unpaired) electrons. The lowest BCUT2D eigenvalue weighted by Crippen LogP contribution is -2.55. The zero-order valence-electron chi connectivity index (χ0n) is 18.5. The molecule has 9 heteroatoms. The third-order valence-electron chi connectivity index (χ3n) is 6.80. The topological polar surface area (TPSA) is 87.2 Å². The van der Waals surface area contributed by atoms with Crippen LogP contribution in [0.1, 0.15) is 38.5 Å². The standard InChI is InChI=1S/C23H33N3O5S/c27-22(26(19-7-3-1-4-8-19)20-11-16-32(29,30)18-20)17-24-12-14-25(15-13-24)23(28)31-21-9-5-2-6-10-21/h2,5-6,9-10,19-20H,1,3-4,7-8,11-18H2/t20-/m1/s1. The number of para-hydroxylation sites is 1. The number of piperazine rings is 1. The third kappa shape index (κ3) is 5.81. The van der Waals surface area contributed by atoms with E-state index in [1.54, 1.807) is 17.0 Å². The fraction of sp³-hybridized carbons (Fsp3) is 0.652. The van der Waals surface area contributed by atoms with Crippen molar-refractivity contribution in [3.8, 4) is 5.75 Å². The quantitative estimate of drug-likeness (QED) is 0.665. The van der Waals surface area contributed by atoms with E-state index < -0.39 is 9.84 Å². The molecule has 176 valence electrons. The van der Waals surface area contributed by atoms with E-state index in [0.29, 0.717) is 38.3 Å². The minimum Gasteiger partial charge on any atom is -0.410 e. The number of amides is 2. The van der Waals surface area contributed by atoms with Crippen LogP contribution in [0.5, 0.6) is 5.75 Å². The van der Waals surface area contributed by atoms with E-state index in [9.17, 15) is 18.0 Å². The summed E-state index contributed by atoms with van der Waals surface area (Å²) >= 11 is 0. The number of carbonyl (C=O) groups is 2. The molecule has 1 aliphatic carbocycles. The Bertz CT molecular complexity index is 893. The average Bonchev–Trinajstić information content (AvgIpc) is 3.15. The van der Waals surface area contributed by atoms with Crippen molar-refractivity contribution in [2.45, 2.75) is 50.6 Å². The summed E-state index contributed by atoms with van der Waals surface area (Å²) in [5.74, 6) is 0.814. The first kappa shape index (κ1) is 23.0. The van der Waals surface area contributed by atoms with E-state index in [0.717, 1.165) is 25.7 Å². The van der Waals surface area contributed by atoms with Crippen molar-refractivity contribution in [1.29, 1.82) is 0 Å². The molecule has 3 aliphatic rings. The van der Waals surface area contributed by atoms with Crippen molar-refractivity contribution in [1.82, 2.24) is 14.7 Å². The van der Waals surface area contributed by atoms with E-state index in [1.807, 2.05) is 23.1 Å². The normalized spacial score (nSPS) is 24.2. The third-order valence-corrected chi connectivity index (χ3v) is 8.55. The second-order valence-electron chi connectivity index (χ2n) is 9.09. The molecule has 8 nitrogen and oxygen atoms in total. The Morgan fingerprint density at radius 3 is 2.25 bits per heavy atom. The first-order valence-electron chi connectivity index (χ1n) is 11.7. The average molecular weight is 464 g/mol. The summed E-state index contributed by atoms with van der Waals surface area (Å²) in [6.45, 7) is 2.46. The Morgan fingerprint density at radius 2 is 1.62 bits per heavy atom. The molecule has 0 N–H and O–H groups in total. The molecule has 1 atom stereocenters. The zero-order chi connectivity index (χ0) is 22.6. The van der Waals surface area contributed by atoms with Crippen molar-refractivity contribution in [2.24, 2.45) is 0 Å². The van der Waals surface area contributed by atoms with Gasteiger partial charge in [0, 0.05) is 38.3 Å². The molecule has 32 heavy (non-hydrogen) atoms. The Kier molecular flexibility index (Phi) is 7.35. The monoisotopic (exact) mass is 463 g/mol. The molecule has 2 saturated heterocycles. The van der Waals surface area contributed by atoms with Gasteiger partial charge in [-0.2, -0.15) is 0 Å². The summed E-state index contributed by atoms with van der Waals surface area (Å²) in [6, 6.07) is 8.95. The predicted molar refractivity (Wildman–Crippen MR) is 121 cm³/mol. The number of ether oxygens (including phenoxy) is 1. The van der Waals surface area contributed by atoms with E-state index in [1.165, 1.54) is 6.42 Å². The van der Waals surface area contributed by atoms with Gasteiger partial charge in [0.25, 0.3) is 0 Å². The summed E-state index contributed by atoms with van der Waals surface area (Å²) in [5, 5.41) is 0. The number of nitrogens with zero attached hydrogens (tertiary/aromatic N) is 3. The van der Waals surface area contributed by atoms with E-state index in [4.69, 9.17) is 4.74 Å². The van der Waals surface area contributed by atoms with Crippen molar-refractivity contribution >= 4 is 21.8 Å². The fourth-order valence-corrected chi connectivity index (χ4v) is 6.79. The summed E-state index contributed by atoms with van der Waals surface area (Å²) in [4.78, 5) is 31.4. The number of benzene rings is 1. The van der Waals surface area contributed by atoms with Gasteiger partial charge in [-0.1, -0.05) is 37.5 Å². The molecule has 0 bridgehead atoms. The molecule has 0 aromatic heterocycles. The summed E-state index contributed by atoms with van der Waals surface area (Å²) in [6.07, 6.45) is 5.46. The summed E-state index contributed by atoms with van der Waals surface area (Å²) in [5.41, 5.74) is 0. The lowest BCUT2D eigenvalue weighted by Gasteiger charge is -2.40. The van der Waals surface area contributed by atoms with Gasteiger partial charge in [0.1, 0.15) is 5.75 Å². The minimum atomic E-state index is -3.05. The van der Waals surface area contributed by atoms with Gasteiger partial charge in [-0.15, -0.1) is 0 Å². The number of rotatable bonds is 5. The van der Waals surface area contributed by atoms with E-state index in [-0.39, 0.29) is 42.1 Å². The number of carbonyl (C=O) groups excluding carboxylic acids is 2. The van der Waals surface area contributed by atoms with Crippen LogP contribution in [0, 0.1) is 0 Å². The highest BCUT2D eigenvalue weighted by atomic mass is 32.2. The van der Waals surface area contributed by atoms with Gasteiger partial charge >= 0.3 is 6.09 Å². The fourth-order valence-electron chi connectivity index (χ4n) is 5.07. The van der Waals surface area contributed by atoms with Crippen molar-refractivity contribution < 1.29 is 22.7 Å². The first-order chi connectivity index (χ1) is 15.4. The highest BCUT2D eigenvalue weighted by Gasteiger charge is 2.39. The van der Waals surface area contributed by atoms with Crippen LogP contribution in [0.2, 0.25) is 0 Å². The molecule has 0 spiro atoms. The molecular weight excluding hydrogens is 430 g/mol. The smallest absolute Gasteiger partial charge is 0.410 e. The predicted octanol–water partition coefficient (Wildman–Crippen LogP) is 2.15. The van der Waals surface area contributed by atoms with Crippen LogP contribution in [0.4, 0.5) is 4.79 Å². The Balaban J connectivity index is 1.32. The molecule has 1 aromatic carbocycles. The maximum absolute atomic E-state index is 13.3. The SMILES string of the molecule is O=C(Oc1ccccc1)N1CCN(CC(=O)N(C2CCCCC2)[C@@H]2CCS(=O)(=O)C2)CC1. The molecule has 2 amide bonds. The van der Waals surface area contributed by atoms with Gasteiger partial charge in [0.2, 0.25) is 5.91 Å². The van der Waals surface area contributed by atoms with E-state index in [2.05, 4.69) is 4.90 Å². The maximum atomic E-state index is 13.3. The minimum absolute atomic E-state index is 0.0271. The molecule has 1 saturated carbocycles. The highest BCUT2D eigenvalue weighted by molar-refractivity contribution is 7.91. The molecule has 2 heterocycles. The first-order valence-corrected chi connectivity index (χ1v) is 13.5. The molecule has 3 fully saturated rings. The van der Waals surface area contributed by atoms with Crippen molar-refractivity contribution in [2.75, 3.05) is 44.2 Å². The van der Waals surface area contributed by atoms with Crippen molar-refractivity contribution in [3.63, 3.8) is 0 Å². The van der Waals surface area contributed by atoms with Crippen LogP contribution in [0.25, 0.3) is 0 Å². The van der Waals surface area contributed by atoms with Crippen molar-refractivity contribution in [3.05, 3.63) is 30.3 Å². The van der Waals surface area contributed by atoms with Crippen LogP contribution < -0.4 is 4.74 Å². The Morgan fingerprint density at radius 1 is 0.938 bits per heavy atom. The summed E-state index contributed by atoms with van der Waals surface area (Å²) < 4.78 is 29.6. The van der Waals surface area contributed by atoms with Crippen LogP contribution in [-0.4, -0.2) is 91.4 Å². The van der Waals surface area contributed by atoms with Gasteiger partial charge in [-0.3, -0.25) is 9.69 Å². The van der Waals surface area contributed by atoms with Crippen LogP contribution >= 0.6 is 0 Å². The maximum Gasteiger partial charge on any atom is 0.415 e. The number of sulfone groups is 1. The van der Waals surface area contributed by atoms with Gasteiger partial charge in [-0.05, 0) is 31.4 Å². The van der Waals surface area contributed by atoms with Gasteiger partial charge in [0.05, 0.1) is 18.1 Å². The molecule has 0 unspecified atom stereocenters. The van der Waals surface area contributed by atoms with E-state index >= 15 is 0 Å². The molecular formula is C23H33N3O5S. The second-order valence-corrected chi connectivity index (χ2v) is 11.3. The van der Waals surface area contributed by atoms with Gasteiger partial charge in [-0.25, -0.2) is 13.2 Å². The molecule has 2 aliphatic heterocycles. The van der Waals surface area contributed by atoms with Crippen LogP contribution in [0.3, 0.4) is 0 Å².